The summed E-state index contributed by atoms with van der Waals surface area (Å²) in [5.41, 5.74) is 8.28. The molecule has 0 radical (unpaired) electrons. The Labute approximate surface area is 167 Å². The van der Waals surface area contributed by atoms with Crippen LogP contribution < -0.4 is 5.73 Å². The minimum absolute atomic E-state index is 0.0572. The summed E-state index contributed by atoms with van der Waals surface area (Å²) in [4.78, 5) is 26.2. The number of primary amides is 1. The van der Waals surface area contributed by atoms with Gasteiger partial charge in [-0.1, -0.05) is 37.3 Å². The van der Waals surface area contributed by atoms with Gasteiger partial charge in [0, 0.05) is 30.8 Å². The zero-order valence-electron chi connectivity index (χ0n) is 16.8. The van der Waals surface area contributed by atoms with Crippen LogP contribution in [-0.2, 0) is 11.3 Å². The van der Waals surface area contributed by atoms with Crippen LogP contribution in [0.1, 0.15) is 58.0 Å². The van der Waals surface area contributed by atoms with Crippen LogP contribution >= 0.6 is 0 Å². The highest BCUT2D eigenvalue weighted by molar-refractivity contribution is 5.99. The number of ether oxygens (including phenoxy) is 1. The van der Waals surface area contributed by atoms with Gasteiger partial charge in [-0.3, -0.25) is 9.59 Å². The third-order valence-electron chi connectivity index (χ3n) is 4.47. The summed E-state index contributed by atoms with van der Waals surface area (Å²) in [5.74, 6) is -0.575. The lowest BCUT2D eigenvalue weighted by atomic mass is 10.0. The number of amides is 2. The fourth-order valence-corrected chi connectivity index (χ4v) is 3.09. The molecule has 28 heavy (non-hydrogen) atoms. The Morgan fingerprint density at radius 3 is 2.39 bits per heavy atom. The number of benzene rings is 2. The zero-order chi connectivity index (χ0) is 20.4. The molecule has 0 unspecified atom stereocenters. The molecule has 0 spiro atoms. The van der Waals surface area contributed by atoms with Gasteiger partial charge in [0.25, 0.3) is 5.91 Å². The summed E-state index contributed by atoms with van der Waals surface area (Å²) in [7, 11) is 0. The number of nitrogens with two attached hydrogens (primary N) is 1. The van der Waals surface area contributed by atoms with Crippen LogP contribution in [0.3, 0.4) is 0 Å². The summed E-state index contributed by atoms with van der Waals surface area (Å²) in [6, 6.07) is 15.2. The van der Waals surface area contributed by atoms with Crippen LogP contribution in [0, 0.1) is 6.92 Å². The minimum atomic E-state index is -0.518. The van der Waals surface area contributed by atoms with E-state index < -0.39 is 5.91 Å². The molecule has 0 aliphatic heterocycles. The van der Waals surface area contributed by atoms with Crippen molar-refractivity contribution in [1.29, 1.82) is 0 Å². The molecule has 0 bridgehead atoms. The van der Waals surface area contributed by atoms with Crippen molar-refractivity contribution in [2.24, 2.45) is 5.73 Å². The van der Waals surface area contributed by atoms with E-state index in [2.05, 4.69) is 0 Å². The molecule has 0 saturated heterocycles. The maximum absolute atomic E-state index is 12.9. The van der Waals surface area contributed by atoms with Crippen molar-refractivity contribution in [1.82, 2.24) is 4.90 Å². The summed E-state index contributed by atoms with van der Waals surface area (Å²) in [5, 5.41) is 0. The van der Waals surface area contributed by atoms with Crippen LogP contribution in [0.25, 0.3) is 0 Å². The summed E-state index contributed by atoms with van der Waals surface area (Å²) < 4.78 is 5.71. The molecule has 2 N–H and O–H groups in total. The number of rotatable bonds is 11. The average Bonchev–Trinajstić information content (AvgIpc) is 2.69. The van der Waals surface area contributed by atoms with Crippen LogP contribution in [0.2, 0.25) is 0 Å². The Kier molecular flexibility index (Phi) is 8.69. The van der Waals surface area contributed by atoms with Crippen molar-refractivity contribution in [3.8, 4) is 0 Å². The largest absolute Gasteiger partial charge is 0.377 e. The topological polar surface area (TPSA) is 72.6 Å². The standard InChI is InChI=1S/C23H30N2O3/c1-3-11-25(12-7-8-13-28-17-19-9-5-4-6-10-19)23(27)21-15-18(2)14-20(16-21)22(24)26/h4-6,9-10,14-16H,3,7-8,11-13,17H2,1-2H3,(H2,24,26). The lowest BCUT2D eigenvalue weighted by Gasteiger charge is -2.22. The number of nitrogens with zero attached hydrogens (tertiary/aromatic N) is 1. The van der Waals surface area contributed by atoms with Crippen molar-refractivity contribution >= 4 is 11.8 Å². The second-order valence-corrected chi connectivity index (χ2v) is 6.99. The first-order chi connectivity index (χ1) is 13.5. The Bertz CT molecular complexity index is 775. The fraction of sp³-hybridized carbons (Fsp3) is 0.391. The average molecular weight is 383 g/mol. The first-order valence-corrected chi connectivity index (χ1v) is 9.83. The van der Waals surface area contributed by atoms with E-state index in [1.807, 2.05) is 49.1 Å². The molecular formula is C23H30N2O3. The highest BCUT2D eigenvalue weighted by atomic mass is 16.5. The maximum atomic E-state index is 12.9. The van der Waals surface area contributed by atoms with E-state index in [9.17, 15) is 9.59 Å². The molecule has 2 rings (SSSR count). The Balaban J connectivity index is 1.85. The highest BCUT2D eigenvalue weighted by Gasteiger charge is 2.16. The molecule has 5 nitrogen and oxygen atoms in total. The molecule has 0 heterocycles. The summed E-state index contributed by atoms with van der Waals surface area (Å²) in [6.45, 7) is 6.54. The molecule has 2 aromatic carbocycles. The van der Waals surface area contributed by atoms with E-state index in [4.69, 9.17) is 10.5 Å². The van der Waals surface area contributed by atoms with Crippen LogP contribution in [0.5, 0.6) is 0 Å². The van der Waals surface area contributed by atoms with Crippen LogP contribution in [0.4, 0.5) is 0 Å². The van der Waals surface area contributed by atoms with E-state index in [0.29, 0.717) is 37.4 Å². The molecule has 0 fully saturated rings. The second-order valence-electron chi connectivity index (χ2n) is 6.99. The minimum Gasteiger partial charge on any atom is -0.377 e. The zero-order valence-corrected chi connectivity index (χ0v) is 16.8. The van der Waals surface area contributed by atoms with Gasteiger partial charge in [-0.2, -0.15) is 0 Å². The molecule has 150 valence electrons. The SMILES string of the molecule is CCCN(CCCCOCc1ccccc1)C(=O)c1cc(C)cc(C(N)=O)c1. The number of aryl methyl sites for hydroxylation is 1. The number of carbonyl (C=O) groups excluding carboxylic acids is 2. The Morgan fingerprint density at radius 2 is 1.71 bits per heavy atom. The van der Waals surface area contributed by atoms with E-state index in [1.54, 1.807) is 18.2 Å². The summed E-state index contributed by atoms with van der Waals surface area (Å²) in [6.07, 6.45) is 2.64. The van der Waals surface area contributed by atoms with Gasteiger partial charge in [-0.25, -0.2) is 0 Å². The molecule has 0 aromatic heterocycles. The van der Waals surface area contributed by atoms with Gasteiger partial charge in [0.05, 0.1) is 6.61 Å². The third-order valence-corrected chi connectivity index (χ3v) is 4.47. The van der Waals surface area contributed by atoms with Gasteiger partial charge < -0.3 is 15.4 Å². The molecule has 0 atom stereocenters. The molecule has 0 aliphatic carbocycles. The lowest BCUT2D eigenvalue weighted by Crippen LogP contribution is -2.33. The first-order valence-electron chi connectivity index (χ1n) is 9.83. The van der Waals surface area contributed by atoms with Crippen LogP contribution in [-0.4, -0.2) is 36.4 Å². The summed E-state index contributed by atoms with van der Waals surface area (Å²) >= 11 is 0. The number of carbonyl (C=O) groups is 2. The van der Waals surface area contributed by atoms with Gasteiger partial charge >= 0.3 is 0 Å². The van der Waals surface area contributed by atoms with Gasteiger partial charge in [0.15, 0.2) is 0 Å². The normalized spacial score (nSPS) is 10.6. The number of hydrogen-bond donors (Lipinski definition) is 1. The van der Waals surface area contributed by atoms with Crippen molar-refractivity contribution in [3.63, 3.8) is 0 Å². The van der Waals surface area contributed by atoms with E-state index in [-0.39, 0.29) is 5.91 Å². The van der Waals surface area contributed by atoms with E-state index in [0.717, 1.165) is 30.4 Å². The van der Waals surface area contributed by atoms with Crippen LogP contribution in [0.15, 0.2) is 48.5 Å². The Morgan fingerprint density at radius 1 is 1.00 bits per heavy atom. The number of hydrogen-bond acceptors (Lipinski definition) is 3. The smallest absolute Gasteiger partial charge is 0.253 e. The lowest BCUT2D eigenvalue weighted by molar-refractivity contribution is 0.0738. The van der Waals surface area contributed by atoms with E-state index in [1.165, 1.54) is 0 Å². The quantitative estimate of drug-likeness (QED) is 0.598. The van der Waals surface area contributed by atoms with Gasteiger partial charge in [0.2, 0.25) is 5.91 Å². The van der Waals surface area contributed by atoms with Gasteiger partial charge in [0.1, 0.15) is 0 Å². The number of unbranched alkanes of at least 4 members (excludes halogenated alkanes) is 1. The first kappa shape index (κ1) is 21.6. The van der Waals surface area contributed by atoms with Crippen molar-refractivity contribution in [2.75, 3.05) is 19.7 Å². The van der Waals surface area contributed by atoms with E-state index >= 15 is 0 Å². The molecule has 5 heteroatoms. The monoisotopic (exact) mass is 382 g/mol. The molecule has 2 aromatic rings. The highest BCUT2D eigenvalue weighted by Crippen LogP contribution is 2.13. The Hall–Kier alpha value is -2.66. The molecule has 0 aliphatic rings. The molecular weight excluding hydrogens is 352 g/mol. The third kappa shape index (κ3) is 6.82. The molecule has 0 saturated carbocycles. The predicted octanol–water partition coefficient (Wildman–Crippen LogP) is 3.94. The van der Waals surface area contributed by atoms with Crippen molar-refractivity contribution < 1.29 is 14.3 Å². The fourth-order valence-electron chi connectivity index (χ4n) is 3.09. The molecule has 2 amide bonds. The maximum Gasteiger partial charge on any atom is 0.253 e. The predicted molar refractivity (Wildman–Crippen MR) is 111 cm³/mol. The van der Waals surface area contributed by atoms with Gasteiger partial charge in [-0.05, 0) is 55.5 Å². The van der Waals surface area contributed by atoms with Crippen molar-refractivity contribution in [3.05, 3.63) is 70.8 Å². The van der Waals surface area contributed by atoms with Crippen molar-refractivity contribution in [2.45, 2.75) is 39.7 Å². The second kappa shape index (κ2) is 11.2. The van der Waals surface area contributed by atoms with Gasteiger partial charge in [-0.15, -0.1) is 0 Å².